The lowest BCUT2D eigenvalue weighted by Gasteiger charge is -2.47. The zero-order valence-corrected chi connectivity index (χ0v) is 14.3. The second-order valence-corrected chi connectivity index (χ2v) is 7.64. The summed E-state index contributed by atoms with van der Waals surface area (Å²) in [6.45, 7) is 0.133. The second kappa shape index (κ2) is 5.61. The minimum absolute atomic E-state index is 0.00339. The van der Waals surface area contributed by atoms with Crippen LogP contribution in [-0.4, -0.2) is 34.3 Å². The summed E-state index contributed by atoms with van der Waals surface area (Å²) < 4.78 is 0. The molecule has 2 aromatic rings. The fourth-order valence-electron chi connectivity index (χ4n) is 5.15. The Morgan fingerprint density at radius 1 is 1.04 bits per heavy atom. The van der Waals surface area contributed by atoms with Gasteiger partial charge in [-0.15, -0.1) is 0 Å². The number of rotatable bonds is 1. The van der Waals surface area contributed by atoms with Crippen molar-refractivity contribution in [1.29, 1.82) is 0 Å². The van der Waals surface area contributed by atoms with Gasteiger partial charge in [-0.2, -0.15) is 0 Å². The Labute approximate surface area is 146 Å². The van der Waals surface area contributed by atoms with E-state index in [0.717, 1.165) is 18.4 Å². The second-order valence-electron chi connectivity index (χ2n) is 7.64. The molecule has 5 heteroatoms. The molecular formula is C20H23N3O2. The number of amides is 2. The lowest BCUT2D eigenvalue weighted by atomic mass is 9.77. The van der Waals surface area contributed by atoms with Crippen LogP contribution < -0.4 is 5.32 Å². The van der Waals surface area contributed by atoms with E-state index in [1.165, 1.54) is 35.9 Å². The zero-order valence-electron chi connectivity index (χ0n) is 14.3. The number of para-hydroxylation sites is 1. The Morgan fingerprint density at radius 3 is 2.68 bits per heavy atom. The highest BCUT2D eigenvalue weighted by Gasteiger charge is 2.47. The van der Waals surface area contributed by atoms with E-state index in [1.54, 1.807) is 0 Å². The Bertz CT molecular complexity index is 850. The van der Waals surface area contributed by atoms with Crippen molar-refractivity contribution >= 4 is 22.7 Å². The lowest BCUT2D eigenvalue weighted by Crippen LogP contribution is -2.62. The smallest absolute Gasteiger partial charge is 0.243 e. The predicted octanol–water partition coefficient (Wildman–Crippen LogP) is 2.67. The zero-order chi connectivity index (χ0) is 17.0. The molecule has 2 amide bonds. The van der Waals surface area contributed by atoms with E-state index in [-0.39, 0.29) is 30.4 Å². The molecule has 1 aromatic heterocycles. The molecule has 3 heterocycles. The fraction of sp³-hybridized carbons (Fsp3) is 0.500. The van der Waals surface area contributed by atoms with Crippen LogP contribution in [0.15, 0.2) is 24.3 Å². The number of nitrogens with one attached hydrogen (secondary N) is 2. The number of aromatic nitrogens is 1. The maximum Gasteiger partial charge on any atom is 0.243 e. The summed E-state index contributed by atoms with van der Waals surface area (Å²) in [6, 6.07) is 7.95. The summed E-state index contributed by atoms with van der Waals surface area (Å²) in [6.07, 6.45) is 6.60. The SMILES string of the molecule is O=C1NCC(=O)N2[C@H]1Cc1c([nH]c3ccccc13)[C@H]2C1CCCCC1. The van der Waals surface area contributed by atoms with Crippen LogP contribution in [0, 0.1) is 5.92 Å². The van der Waals surface area contributed by atoms with E-state index < -0.39 is 0 Å². The Balaban J connectivity index is 1.69. The van der Waals surface area contributed by atoms with Gasteiger partial charge in [0, 0.05) is 23.0 Å². The van der Waals surface area contributed by atoms with Crippen molar-refractivity contribution in [2.45, 2.75) is 50.6 Å². The molecule has 2 aliphatic heterocycles. The van der Waals surface area contributed by atoms with Gasteiger partial charge in [0.05, 0.1) is 12.6 Å². The monoisotopic (exact) mass is 337 g/mol. The average Bonchev–Trinajstić information content (AvgIpc) is 3.02. The number of carbonyl (C=O) groups is 2. The third kappa shape index (κ3) is 2.21. The van der Waals surface area contributed by atoms with Gasteiger partial charge < -0.3 is 15.2 Å². The minimum Gasteiger partial charge on any atom is -0.356 e. The Hall–Kier alpha value is -2.30. The number of hydrogen-bond donors (Lipinski definition) is 2. The summed E-state index contributed by atoms with van der Waals surface area (Å²) in [5.74, 6) is 0.499. The van der Waals surface area contributed by atoms with Crippen molar-refractivity contribution in [2.24, 2.45) is 5.92 Å². The topological polar surface area (TPSA) is 65.2 Å². The minimum atomic E-state index is -0.361. The number of H-pyrrole nitrogens is 1. The van der Waals surface area contributed by atoms with Crippen molar-refractivity contribution in [2.75, 3.05) is 6.54 Å². The maximum atomic E-state index is 12.7. The van der Waals surface area contributed by atoms with Crippen molar-refractivity contribution < 1.29 is 9.59 Å². The molecule has 130 valence electrons. The highest BCUT2D eigenvalue weighted by molar-refractivity contribution is 5.97. The largest absolute Gasteiger partial charge is 0.356 e. The number of carbonyl (C=O) groups excluding carboxylic acids is 2. The van der Waals surface area contributed by atoms with Crippen molar-refractivity contribution in [3.8, 4) is 0 Å². The normalized spacial score (nSPS) is 27.1. The first-order valence-corrected chi connectivity index (χ1v) is 9.42. The summed E-state index contributed by atoms with van der Waals surface area (Å²) in [7, 11) is 0. The van der Waals surface area contributed by atoms with Crippen molar-refractivity contribution in [1.82, 2.24) is 15.2 Å². The molecule has 1 saturated heterocycles. The average molecular weight is 337 g/mol. The van der Waals surface area contributed by atoms with Gasteiger partial charge in [-0.05, 0) is 30.4 Å². The van der Waals surface area contributed by atoms with Crippen LogP contribution in [-0.2, 0) is 16.0 Å². The number of aromatic amines is 1. The molecule has 2 fully saturated rings. The molecule has 1 saturated carbocycles. The van der Waals surface area contributed by atoms with Crippen LogP contribution in [0.3, 0.4) is 0 Å². The standard InChI is InChI=1S/C20H23N3O2/c24-17-11-21-20(25)16-10-14-13-8-4-5-9-15(13)22-18(14)19(23(16)17)12-6-2-1-3-7-12/h4-5,8-9,12,16,19,22H,1-3,6-7,10-11H2,(H,21,25)/t16-,19+/m0/s1. The van der Waals surface area contributed by atoms with Gasteiger partial charge in [-0.1, -0.05) is 37.5 Å². The number of nitrogens with zero attached hydrogens (tertiary/aromatic N) is 1. The molecule has 2 atom stereocenters. The predicted molar refractivity (Wildman–Crippen MR) is 95.0 cm³/mol. The van der Waals surface area contributed by atoms with E-state index in [4.69, 9.17) is 0 Å². The molecule has 5 nitrogen and oxygen atoms in total. The third-order valence-electron chi connectivity index (χ3n) is 6.28. The summed E-state index contributed by atoms with van der Waals surface area (Å²) in [5, 5.41) is 3.98. The Kier molecular flexibility index (Phi) is 3.37. The number of benzene rings is 1. The molecule has 25 heavy (non-hydrogen) atoms. The quantitative estimate of drug-likeness (QED) is 0.840. The van der Waals surface area contributed by atoms with Crippen LogP contribution >= 0.6 is 0 Å². The van der Waals surface area contributed by atoms with Crippen molar-refractivity contribution in [3.05, 3.63) is 35.5 Å². The van der Waals surface area contributed by atoms with Gasteiger partial charge in [0.15, 0.2) is 0 Å². The molecule has 3 aliphatic rings. The summed E-state index contributed by atoms with van der Waals surface area (Å²) in [5.41, 5.74) is 3.52. The lowest BCUT2D eigenvalue weighted by molar-refractivity contribution is -0.151. The summed E-state index contributed by atoms with van der Waals surface area (Å²) >= 11 is 0. The summed E-state index contributed by atoms with van der Waals surface area (Å²) in [4.78, 5) is 30.8. The van der Waals surface area contributed by atoms with Crippen LogP contribution in [0.25, 0.3) is 10.9 Å². The molecular weight excluding hydrogens is 314 g/mol. The molecule has 0 unspecified atom stereocenters. The van der Waals surface area contributed by atoms with Crippen LogP contribution in [0.2, 0.25) is 0 Å². The van der Waals surface area contributed by atoms with Gasteiger partial charge in [0.25, 0.3) is 0 Å². The molecule has 2 N–H and O–H groups in total. The molecule has 0 spiro atoms. The van der Waals surface area contributed by atoms with Gasteiger partial charge in [-0.3, -0.25) is 9.59 Å². The van der Waals surface area contributed by atoms with Gasteiger partial charge >= 0.3 is 0 Å². The first-order chi connectivity index (χ1) is 12.2. The number of piperazine rings is 1. The molecule has 0 bridgehead atoms. The van der Waals surface area contributed by atoms with Gasteiger partial charge in [0.1, 0.15) is 6.04 Å². The Morgan fingerprint density at radius 2 is 1.84 bits per heavy atom. The van der Waals surface area contributed by atoms with E-state index >= 15 is 0 Å². The van der Waals surface area contributed by atoms with E-state index in [1.807, 2.05) is 17.0 Å². The third-order valence-corrected chi connectivity index (χ3v) is 6.28. The molecule has 5 rings (SSSR count). The maximum absolute atomic E-state index is 12.7. The fourth-order valence-corrected chi connectivity index (χ4v) is 5.15. The molecule has 1 aliphatic carbocycles. The highest BCUT2D eigenvalue weighted by atomic mass is 16.2. The van der Waals surface area contributed by atoms with Crippen LogP contribution in [0.4, 0.5) is 0 Å². The number of hydrogen-bond acceptors (Lipinski definition) is 2. The van der Waals surface area contributed by atoms with Crippen molar-refractivity contribution in [3.63, 3.8) is 0 Å². The van der Waals surface area contributed by atoms with Gasteiger partial charge in [-0.25, -0.2) is 0 Å². The first kappa shape index (κ1) is 15.0. The molecule has 1 aromatic carbocycles. The van der Waals surface area contributed by atoms with Crippen LogP contribution in [0.5, 0.6) is 0 Å². The number of fused-ring (bicyclic) bond motifs is 4. The van der Waals surface area contributed by atoms with E-state index in [9.17, 15) is 9.59 Å². The van der Waals surface area contributed by atoms with E-state index in [2.05, 4.69) is 22.4 Å². The molecule has 0 radical (unpaired) electrons. The van der Waals surface area contributed by atoms with Gasteiger partial charge in [0.2, 0.25) is 11.8 Å². The van der Waals surface area contributed by atoms with E-state index in [0.29, 0.717) is 12.3 Å². The highest BCUT2D eigenvalue weighted by Crippen LogP contribution is 2.45. The van der Waals surface area contributed by atoms with Crippen LogP contribution in [0.1, 0.15) is 49.4 Å². The first-order valence-electron chi connectivity index (χ1n) is 9.42.